The Kier molecular flexibility index (Phi) is 3.60. The molecule has 0 fully saturated rings. The summed E-state index contributed by atoms with van der Waals surface area (Å²) in [5, 5.41) is 8.64. The third-order valence-corrected chi connectivity index (χ3v) is 1.76. The van der Waals surface area contributed by atoms with Crippen LogP contribution in [0.1, 0.15) is 11.1 Å². The zero-order chi connectivity index (χ0) is 14.1. The topological polar surface area (TPSA) is 62.3 Å². The van der Waals surface area contributed by atoms with Crippen LogP contribution < -0.4 is 10.3 Å². The Bertz CT molecular complexity index is 489. The lowest BCUT2D eigenvalue weighted by Crippen LogP contribution is -2.25. The van der Waals surface area contributed by atoms with Gasteiger partial charge in [0.2, 0.25) is 5.88 Å². The second-order valence-corrected chi connectivity index (χ2v) is 3.07. The van der Waals surface area contributed by atoms with Crippen molar-refractivity contribution >= 4 is 0 Å². The van der Waals surface area contributed by atoms with Crippen LogP contribution in [-0.2, 0) is 12.8 Å². The van der Waals surface area contributed by atoms with Gasteiger partial charge >= 0.3 is 12.5 Å². The fourth-order valence-corrected chi connectivity index (χ4v) is 1.21. The Morgan fingerprint density at radius 2 is 1.78 bits per heavy atom. The molecule has 0 saturated heterocycles. The van der Waals surface area contributed by atoms with Crippen LogP contribution >= 0.6 is 0 Å². The van der Waals surface area contributed by atoms with Gasteiger partial charge in [-0.1, -0.05) is 0 Å². The van der Waals surface area contributed by atoms with Crippen molar-refractivity contribution in [2.45, 2.75) is 19.1 Å². The molecule has 0 aliphatic rings. The summed E-state index contributed by atoms with van der Waals surface area (Å²) in [7, 11) is 0. The fraction of sp³-hybridized carbons (Fsp3) is 0.375. The Morgan fingerprint density at radius 3 is 2.17 bits per heavy atom. The predicted molar refractivity (Wildman–Crippen MR) is 44.7 cm³/mol. The molecular formula is C8H5F6NO3. The first-order chi connectivity index (χ1) is 8.04. The molecule has 0 unspecified atom stereocenters. The fourth-order valence-electron chi connectivity index (χ4n) is 1.21. The minimum Gasteiger partial charge on any atom is -0.392 e. The second kappa shape index (κ2) is 4.52. The van der Waals surface area contributed by atoms with Crippen LogP contribution in [0.15, 0.2) is 10.9 Å². The quantitative estimate of drug-likeness (QED) is 0.810. The number of aliphatic hydroxyl groups is 1. The Labute approximate surface area is 94.8 Å². The molecule has 1 aromatic rings. The average molecular weight is 277 g/mol. The third kappa shape index (κ3) is 3.39. The molecule has 1 heterocycles. The maximum atomic E-state index is 12.5. The summed E-state index contributed by atoms with van der Waals surface area (Å²) in [6.07, 6.45) is -10.6. The summed E-state index contributed by atoms with van der Waals surface area (Å²) >= 11 is 0. The summed E-state index contributed by atoms with van der Waals surface area (Å²) in [5.41, 5.74) is -4.14. The van der Waals surface area contributed by atoms with Gasteiger partial charge in [0.25, 0.3) is 5.56 Å². The van der Waals surface area contributed by atoms with Gasteiger partial charge in [-0.3, -0.25) is 9.78 Å². The normalized spacial score (nSPS) is 12.6. The highest BCUT2D eigenvalue weighted by Crippen LogP contribution is 2.38. The molecule has 0 aromatic carbocycles. The second-order valence-electron chi connectivity index (χ2n) is 3.07. The summed E-state index contributed by atoms with van der Waals surface area (Å²) in [4.78, 5) is 12.1. The summed E-state index contributed by atoms with van der Waals surface area (Å²) < 4.78 is 76.4. The van der Waals surface area contributed by atoms with Crippen LogP contribution in [0.5, 0.6) is 5.88 Å². The summed E-state index contributed by atoms with van der Waals surface area (Å²) in [5.74, 6) is -1.80. The monoisotopic (exact) mass is 277 g/mol. The van der Waals surface area contributed by atoms with E-state index < -0.39 is 41.7 Å². The molecule has 0 radical (unpaired) electrons. The maximum absolute atomic E-state index is 12.5. The molecule has 0 aliphatic heterocycles. The largest absolute Gasteiger partial charge is 0.574 e. The van der Waals surface area contributed by atoms with Crippen LogP contribution in [0, 0.1) is 0 Å². The van der Waals surface area contributed by atoms with E-state index in [0.29, 0.717) is 6.07 Å². The highest BCUT2D eigenvalue weighted by Gasteiger charge is 2.42. The lowest BCUT2D eigenvalue weighted by atomic mass is 10.1. The van der Waals surface area contributed by atoms with Crippen LogP contribution in [-0.4, -0.2) is 16.5 Å². The van der Waals surface area contributed by atoms with E-state index in [-0.39, 0.29) is 0 Å². The molecule has 2 N–H and O–H groups in total. The first kappa shape index (κ1) is 14.4. The number of ether oxygens (including phenoxy) is 1. The first-order valence-corrected chi connectivity index (χ1v) is 4.24. The molecule has 0 amide bonds. The van der Waals surface area contributed by atoms with Crippen molar-refractivity contribution in [2.24, 2.45) is 0 Å². The van der Waals surface area contributed by atoms with E-state index in [1.807, 2.05) is 0 Å². The predicted octanol–water partition coefficient (Wildman–Crippen LogP) is 1.78. The molecule has 0 saturated carbocycles. The zero-order valence-electron chi connectivity index (χ0n) is 8.32. The molecule has 1 aromatic heterocycles. The van der Waals surface area contributed by atoms with E-state index in [9.17, 15) is 31.1 Å². The minimum atomic E-state index is -5.41. The van der Waals surface area contributed by atoms with E-state index in [2.05, 4.69) is 4.74 Å². The smallest absolute Gasteiger partial charge is 0.392 e. The number of alkyl halides is 6. The van der Waals surface area contributed by atoms with E-state index in [1.165, 1.54) is 4.98 Å². The third-order valence-electron chi connectivity index (χ3n) is 1.76. The van der Waals surface area contributed by atoms with Crippen molar-refractivity contribution in [3.63, 3.8) is 0 Å². The van der Waals surface area contributed by atoms with E-state index >= 15 is 0 Å². The summed E-state index contributed by atoms with van der Waals surface area (Å²) in [6.45, 7) is -1.26. The van der Waals surface area contributed by atoms with Crippen LogP contribution in [0.3, 0.4) is 0 Å². The zero-order valence-corrected chi connectivity index (χ0v) is 8.32. The van der Waals surface area contributed by atoms with Gasteiger partial charge in [-0.15, -0.1) is 13.2 Å². The molecule has 0 spiro atoms. The van der Waals surface area contributed by atoms with E-state index in [1.54, 1.807) is 0 Å². The number of rotatable bonds is 2. The molecule has 18 heavy (non-hydrogen) atoms. The molecule has 102 valence electrons. The number of aliphatic hydroxyl groups excluding tert-OH is 1. The standard InChI is InChI=1S/C8H5F6NO3/c9-7(10,11)5-3(2-16)1-4(17)15-6(5)18-8(12,13)14/h1,16H,2H2,(H,15,17). The molecule has 0 atom stereocenters. The lowest BCUT2D eigenvalue weighted by molar-refractivity contribution is -0.278. The number of nitrogens with one attached hydrogen (secondary N) is 1. The number of hydrogen-bond acceptors (Lipinski definition) is 3. The van der Waals surface area contributed by atoms with Gasteiger partial charge in [-0.2, -0.15) is 13.2 Å². The van der Waals surface area contributed by atoms with Crippen molar-refractivity contribution in [1.82, 2.24) is 4.98 Å². The van der Waals surface area contributed by atoms with Gasteiger partial charge in [-0.25, -0.2) is 0 Å². The van der Waals surface area contributed by atoms with Crippen molar-refractivity contribution in [2.75, 3.05) is 0 Å². The number of pyridine rings is 1. The molecule has 1 rings (SSSR count). The number of H-pyrrole nitrogens is 1. The lowest BCUT2D eigenvalue weighted by Gasteiger charge is -2.16. The van der Waals surface area contributed by atoms with Gasteiger partial charge in [0.15, 0.2) is 0 Å². The van der Waals surface area contributed by atoms with Gasteiger partial charge in [0.1, 0.15) is 5.56 Å². The van der Waals surface area contributed by atoms with Crippen molar-refractivity contribution in [3.8, 4) is 5.88 Å². The highest BCUT2D eigenvalue weighted by molar-refractivity contribution is 5.36. The number of halogens is 6. The van der Waals surface area contributed by atoms with Gasteiger partial charge in [-0.05, 0) is 0 Å². The highest BCUT2D eigenvalue weighted by atomic mass is 19.4. The molecular weight excluding hydrogens is 272 g/mol. The van der Waals surface area contributed by atoms with Crippen molar-refractivity contribution < 1.29 is 36.2 Å². The van der Waals surface area contributed by atoms with Crippen LogP contribution in [0.25, 0.3) is 0 Å². The molecule has 0 aliphatic carbocycles. The van der Waals surface area contributed by atoms with Gasteiger partial charge in [0, 0.05) is 11.6 Å². The Morgan fingerprint density at radius 1 is 1.22 bits per heavy atom. The molecule has 0 bridgehead atoms. The molecule has 10 heteroatoms. The van der Waals surface area contributed by atoms with Crippen LogP contribution in [0.4, 0.5) is 26.3 Å². The van der Waals surface area contributed by atoms with E-state index in [4.69, 9.17) is 5.11 Å². The van der Waals surface area contributed by atoms with Crippen LogP contribution in [0.2, 0.25) is 0 Å². The Hall–Kier alpha value is -1.71. The van der Waals surface area contributed by atoms with Gasteiger partial charge < -0.3 is 9.84 Å². The summed E-state index contributed by atoms with van der Waals surface area (Å²) in [6, 6.07) is 0.339. The SMILES string of the molecule is O=c1cc(CO)c(C(F)(F)F)c(OC(F)(F)F)[nH]1. The number of aromatic amines is 1. The number of hydrogen-bond donors (Lipinski definition) is 2. The van der Waals surface area contributed by atoms with Gasteiger partial charge in [0.05, 0.1) is 6.61 Å². The number of aromatic nitrogens is 1. The minimum absolute atomic E-state index is 0.339. The Balaban J connectivity index is 3.48. The van der Waals surface area contributed by atoms with Crippen molar-refractivity contribution in [3.05, 3.63) is 27.5 Å². The molecule has 4 nitrogen and oxygen atoms in total. The first-order valence-electron chi connectivity index (χ1n) is 4.24. The average Bonchev–Trinajstić information content (AvgIpc) is 2.11. The van der Waals surface area contributed by atoms with Crippen molar-refractivity contribution in [1.29, 1.82) is 0 Å². The maximum Gasteiger partial charge on any atom is 0.574 e. The van der Waals surface area contributed by atoms with E-state index in [0.717, 1.165) is 0 Å².